The van der Waals surface area contributed by atoms with Crippen molar-refractivity contribution in [3.05, 3.63) is 24.3 Å². The SMILES string of the molecule is CCCCCCCCCCCCCC/C=C\CC/C=C\CCCC(=O)[O-].C[N+](C)(C)CCO. The highest BCUT2D eigenvalue weighted by Gasteiger charge is 2.02. The first-order valence-electron chi connectivity index (χ1n) is 13.7. The van der Waals surface area contributed by atoms with E-state index in [4.69, 9.17) is 5.11 Å². The lowest BCUT2D eigenvalue weighted by Crippen LogP contribution is -2.36. The second-order valence-corrected chi connectivity index (χ2v) is 10.2. The fourth-order valence-corrected chi connectivity index (χ4v) is 3.43. The van der Waals surface area contributed by atoms with Crippen LogP contribution in [0.25, 0.3) is 0 Å². The maximum atomic E-state index is 10.3. The second-order valence-electron chi connectivity index (χ2n) is 10.2. The number of carboxylic acids is 1. The van der Waals surface area contributed by atoms with E-state index >= 15 is 0 Å². The van der Waals surface area contributed by atoms with Crippen LogP contribution in [-0.4, -0.2) is 49.9 Å². The molecule has 0 aliphatic heterocycles. The number of hydrogen-bond acceptors (Lipinski definition) is 3. The van der Waals surface area contributed by atoms with Crippen LogP contribution >= 0.6 is 0 Å². The summed E-state index contributed by atoms with van der Waals surface area (Å²) in [5, 5.41) is 18.6. The van der Waals surface area contributed by atoms with Gasteiger partial charge in [-0.1, -0.05) is 102 Å². The zero-order valence-corrected chi connectivity index (χ0v) is 22.7. The van der Waals surface area contributed by atoms with Gasteiger partial charge in [-0.05, 0) is 44.9 Å². The van der Waals surface area contributed by atoms with Crippen molar-refractivity contribution in [2.24, 2.45) is 0 Å². The molecule has 0 radical (unpaired) electrons. The van der Waals surface area contributed by atoms with Crippen molar-refractivity contribution in [2.75, 3.05) is 34.3 Å². The molecule has 0 bridgehead atoms. The molecule has 0 fully saturated rings. The minimum absolute atomic E-state index is 0.170. The molecule has 4 nitrogen and oxygen atoms in total. The molecule has 0 aromatic rings. The van der Waals surface area contributed by atoms with E-state index in [2.05, 4.69) is 52.4 Å². The Morgan fingerprint density at radius 3 is 1.42 bits per heavy atom. The first kappa shape index (κ1) is 34.0. The van der Waals surface area contributed by atoms with E-state index in [9.17, 15) is 9.90 Å². The first-order valence-corrected chi connectivity index (χ1v) is 13.7. The molecule has 0 aromatic heterocycles. The number of rotatable bonds is 22. The molecule has 0 rings (SSSR count). The third kappa shape index (κ3) is 38.4. The Bertz CT molecular complexity index is 452. The Labute approximate surface area is 206 Å². The van der Waals surface area contributed by atoms with Crippen LogP contribution in [0.2, 0.25) is 0 Å². The normalized spacial score (nSPS) is 11.8. The van der Waals surface area contributed by atoms with E-state index in [1.54, 1.807) is 0 Å². The van der Waals surface area contributed by atoms with Crippen LogP contribution in [0, 0.1) is 0 Å². The van der Waals surface area contributed by atoms with Crippen molar-refractivity contribution in [3.63, 3.8) is 0 Å². The highest BCUT2D eigenvalue weighted by Crippen LogP contribution is 2.12. The zero-order valence-electron chi connectivity index (χ0n) is 22.7. The van der Waals surface area contributed by atoms with Crippen molar-refractivity contribution in [1.82, 2.24) is 0 Å². The topological polar surface area (TPSA) is 60.4 Å². The molecular formula is C29H57NO3. The average molecular weight is 468 g/mol. The van der Waals surface area contributed by atoms with Gasteiger partial charge < -0.3 is 19.5 Å². The van der Waals surface area contributed by atoms with E-state index in [1.807, 2.05) is 0 Å². The lowest BCUT2D eigenvalue weighted by Gasteiger charge is -2.21. The number of aliphatic carboxylic acids is 1. The predicted molar refractivity (Wildman–Crippen MR) is 142 cm³/mol. The number of likely N-dealkylation sites (N-methyl/N-ethyl adjacent to an activating group) is 1. The summed E-state index contributed by atoms with van der Waals surface area (Å²) >= 11 is 0. The molecular weight excluding hydrogens is 410 g/mol. The quantitative estimate of drug-likeness (QED) is 0.111. The smallest absolute Gasteiger partial charge is 0.101 e. The summed E-state index contributed by atoms with van der Waals surface area (Å²) in [6.45, 7) is 3.39. The number of quaternary nitrogens is 1. The van der Waals surface area contributed by atoms with Crippen molar-refractivity contribution in [1.29, 1.82) is 0 Å². The second kappa shape index (κ2) is 27.1. The molecule has 0 saturated heterocycles. The molecule has 0 saturated carbocycles. The van der Waals surface area contributed by atoms with Gasteiger partial charge in [-0.15, -0.1) is 0 Å². The van der Waals surface area contributed by atoms with Crippen LogP contribution in [0.5, 0.6) is 0 Å². The van der Waals surface area contributed by atoms with Gasteiger partial charge in [-0.3, -0.25) is 0 Å². The standard InChI is InChI=1S/C24H44O2.C5H14NO/c1-2-3-4-5-6-7-8-9-10-11-12-13-14-15-16-17-18-19-20-21-22-23-24(25)26;1-6(2,3)4-5-7/h15-16,19-20H,2-14,17-18,21-23H2,1H3,(H,25,26);7H,4-5H2,1-3H3/q;+1/p-1/b16-15-,20-19-;. The first-order chi connectivity index (χ1) is 15.8. The third-order valence-electron chi connectivity index (χ3n) is 5.58. The van der Waals surface area contributed by atoms with Gasteiger partial charge in [0.25, 0.3) is 0 Å². The number of carbonyl (C=O) groups is 1. The lowest BCUT2D eigenvalue weighted by atomic mass is 10.0. The largest absolute Gasteiger partial charge is 0.550 e. The summed E-state index contributed by atoms with van der Waals surface area (Å²) in [4.78, 5) is 10.3. The fraction of sp³-hybridized carbons (Fsp3) is 0.828. The van der Waals surface area contributed by atoms with E-state index in [-0.39, 0.29) is 13.0 Å². The number of carboxylic acid groups (broad SMARTS) is 1. The van der Waals surface area contributed by atoms with Crippen molar-refractivity contribution >= 4 is 5.97 Å². The Balaban J connectivity index is 0. The van der Waals surface area contributed by atoms with Gasteiger partial charge in [0.15, 0.2) is 0 Å². The summed E-state index contributed by atoms with van der Waals surface area (Å²) in [6.07, 6.45) is 30.8. The molecule has 4 heteroatoms. The Hall–Kier alpha value is -1.13. The number of hydrogen-bond donors (Lipinski definition) is 1. The molecule has 196 valence electrons. The fourth-order valence-electron chi connectivity index (χ4n) is 3.43. The molecule has 0 aliphatic carbocycles. The van der Waals surface area contributed by atoms with Crippen LogP contribution in [0.1, 0.15) is 122 Å². The van der Waals surface area contributed by atoms with Crippen LogP contribution < -0.4 is 5.11 Å². The number of carbonyl (C=O) groups excluding carboxylic acids is 1. The Morgan fingerprint density at radius 1 is 0.667 bits per heavy atom. The van der Waals surface area contributed by atoms with Gasteiger partial charge in [0.2, 0.25) is 0 Å². The number of nitrogens with zero attached hydrogens (tertiary/aromatic N) is 1. The third-order valence-corrected chi connectivity index (χ3v) is 5.58. The van der Waals surface area contributed by atoms with Gasteiger partial charge in [-0.2, -0.15) is 0 Å². The monoisotopic (exact) mass is 467 g/mol. The van der Waals surface area contributed by atoms with Crippen molar-refractivity contribution in [3.8, 4) is 0 Å². The molecule has 0 spiro atoms. The minimum atomic E-state index is -0.945. The molecule has 1 N–H and O–H groups in total. The summed E-state index contributed by atoms with van der Waals surface area (Å²) in [5.41, 5.74) is 0. The summed E-state index contributed by atoms with van der Waals surface area (Å²) in [7, 11) is 6.16. The van der Waals surface area contributed by atoms with Crippen LogP contribution in [0.15, 0.2) is 24.3 Å². The van der Waals surface area contributed by atoms with E-state index in [1.165, 1.54) is 83.5 Å². The van der Waals surface area contributed by atoms with Crippen molar-refractivity contribution in [2.45, 2.75) is 122 Å². The number of unbranched alkanes of at least 4 members (excludes halogenated alkanes) is 14. The molecule has 0 unspecified atom stereocenters. The van der Waals surface area contributed by atoms with Gasteiger partial charge in [0.1, 0.15) is 6.54 Å². The summed E-state index contributed by atoms with van der Waals surface area (Å²) < 4.78 is 0.844. The molecule has 0 heterocycles. The number of allylic oxidation sites excluding steroid dienone is 4. The molecule has 33 heavy (non-hydrogen) atoms. The van der Waals surface area contributed by atoms with E-state index < -0.39 is 5.97 Å². The maximum absolute atomic E-state index is 10.3. The summed E-state index contributed by atoms with van der Waals surface area (Å²) in [6, 6.07) is 0. The predicted octanol–water partition coefficient (Wildman–Crippen LogP) is 6.58. The Kier molecular flexibility index (Phi) is 28.0. The maximum Gasteiger partial charge on any atom is 0.101 e. The minimum Gasteiger partial charge on any atom is -0.550 e. The van der Waals surface area contributed by atoms with E-state index in [0.29, 0.717) is 6.42 Å². The number of aliphatic hydroxyl groups is 1. The molecule has 0 aromatic carbocycles. The zero-order chi connectivity index (χ0) is 25.0. The van der Waals surface area contributed by atoms with Gasteiger partial charge in [0, 0.05) is 5.97 Å². The van der Waals surface area contributed by atoms with Gasteiger partial charge >= 0.3 is 0 Å². The van der Waals surface area contributed by atoms with Crippen LogP contribution in [-0.2, 0) is 4.79 Å². The van der Waals surface area contributed by atoms with Crippen molar-refractivity contribution < 1.29 is 19.5 Å². The molecule has 0 atom stereocenters. The lowest BCUT2D eigenvalue weighted by molar-refractivity contribution is -0.870. The molecule has 0 aliphatic rings. The Morgan fingerprint density at radius 2 is 1.06 bits per heavy atom. The highest BCUT2D eigenvalue weighted by atomic mass is 16.4. The highest BCUT2D eigenvalue weighted by molar-refractivity contribution is 5.64. The van der Waals surface area contributed by atoms with Gasteiger partial charge in [0.05, 0.1) is 27.7 Å². The number of aliphatic hydroxyl groups excluding tert-OH is 1. The van der Waals surface area contributed by atoms with Crippen LogP contribution in [0.3, 0.4) is 0 Å². The van der Waals surface area contributed by atoms with Gasteiger partial charge in [-0.25, -0.2) is 0 Å². The summed E-state index contributed by atoms with van der Waals surface area (Å²) in [5.74, 6) is -0.945. The van der Waals surface area contributed by atoms with Crippen LogP contribution in [0.4, 0.5) is 0 Å². The molecule has 0 amide bonds. The average Bonchev–Trinajstić information content (AvgIpc) is 2.74. The van der Waals surface area contributed by atoms with E-state index in [0.717, 1.165) is 30.3 Å².